The summed E-state index contributed by atoms with van der Waals surface area (Å²) in [7, 11) is 0. The van der Waals surface area contributed by atoms with Gasteiger partial charge >= 0.3 is 5.97 Å². The van der Waals surface area contributed by atoms with E-state index >= 15 is 0 Å². The van der Waals surface area contributed by atoms with Gasteiger partial charge in [-0.1, -0.05) is 19.1 Å². The quantitative estimate of drug-likeness (QED) is 0.873. The minimum absolute atomic E-state index is 0.212. The third-order valence-corrected chi connectivity index (χ3v) is 2.31. The highest BCUT2D eigenvalue weighted by Crippen LogP contribution is 2.19. The Bertz CT molecular complexity index is 373. The molecule has 0 saturated heterocycles. The normalized spacial score (nSPS) is 13.2. The number of hydrogen-bond donors (Lipinski definition) is 1. The van der Waals surface area contributed by atoms with Crippen LogP contribution in [0.2, 0.25) is 0 Å². The van der Waals surface area contributed by atoms with E-state index in [1.807, 2.05) is 45.0 Å². The van der Waals surface area contributed by atoms with Gasteiger partial charge in [-0.2, -0.15) is 0 Å². The van der Waals surface area contributed by atoms with Gasteiger partial charge in [0.05, 0.1) is 5.92 Å². The van der Waals surface area contributed by atoms with E-state index in [9.17, 15) is 4.79 Å². The lowest BCUT2D eigenvalue weighted by Crippen LogP contribution is -2.22. The second kappa shape index (κ2) is 5.21. The fourth-order valence-electron chi connectivity index (χ4n) is 1.49. The minimum Gasteiger partial charge on any atom is -0.488 e. The molecule has 0 saturated carbocycles. The number of carboxylic acid groups (broad SMARTS) is 1. The van der Waals surface area contributed by atoms with Crippen molar-refractivity contribution in [3.05, 3.63) is 29.8 Å². The highest BCUT2D eigenvalue weighted by atomic mass is 16.5. The van der Waals surface area contributed by atoms with Crippen LogP contribution in [0, 0.1) is 5.92 Å². The van der Waals surface area contributed by atoms with Crippen molar-refractivity contribution in [2.24, 2.45) is 5.92 Å². The summed E-state index contributed by atoms with van der Waals surface area (Å²) < 4.78 is 5.69. The van der Waals surface area contributed by atoms with E-state index in [1.165, 1.54) is 0 Å². The Labute approximate surface area is 102 Å². The first kappa shape index (κ1) is 13.6. The van der Waals surface area contributed by atoms with Gasteiger partial charge in [0.2, 0.25) is 0 Å². The van der Waals surface area contributed by atoms with Crippen molar-refractivity contribution in [3.8, 4) is 5.75 Å². The maximum atomic E-state index is 10.7. The number of rotatable bonds is 4. The van der Waals surface area contributed by atoms with Gasteiger partial charge in [0.15, 0.2) is 0 Å². The molecule has 1 atom stereocenters. The molecule has 3 nitrogen and oxygen atoms in total. The van der Waals surface area contributed by atoms with Crippen molar-refractivity contribution in [1.82, 2.24) is 0 Å². The summed E-state index contributed by atoms with van der Waals surface area (Å²) in [5.41, 5.74) is 0.803. The molecule has 0 aliphatic heterocycles. The van der Waals surface area contributed by atoms with Gasteiger partial charge in [-0.15, -0.1) is 0 Å². The number of hydrogen-bond acceptors (Lipinski definition) is 2. The van der Waals surface area contributed by atoms with Gasteiger partial charge in [0.25, 0.3) is 0 Å². The molecular formula is C14H20O3. The standard InChI is InChI=1S/C14H20O3/c1-10(13(15)16)9-11-5-7-12(8-6-11)17-14(2,3)4/h5-8,10H,9H2,1-4H3,(H,15,16)/t10-/m1/s1. The lowest BCUT2D eigenvalue weighted by Gasteiger charge is -2.21. The number of benzene rings is 1. The fourth-order valence-corrected chi connectivity index (χ4v) is 1.49. The molecule has 0 bridgehead atoms. The molecule has 1 rings (SSSR count). The van der Waals surface area contributed by atoms with Crippen molar-refractivity contribution in [3.63, 3.8) is 0 Å². The molecule has 0 radical (unpaired) electrons. The van der Waals surface area contributed by atoms with Crippen LogP contribution in [0.3, 0.4) is 0 Å². The van der Waals surface area contributed by atoms with E-state index in [1.54, 1.807) is 6.92 Å². The largest absolute Gasteiger partial charge is 0.488 e. The van der Waals surface area contributed by atoms with E-state index in [0.717, 1.165) is 11.3 Å². The zero-order valence-electron chi connectivity index (χ0n) is 10.9. The Balaban J connectivity index is 2.65. The van der Waals surface area contributed by atoms with Gasteiger partial charge in [-0.3, -0.25) is 4.79 Å². The van der Waals surface area contributed by atoms with E-state index in [0.29, 0.717) is 6.42 Å². The lowest BCUT2D eigenvalue weighted by atomic mass is 10.0. The number of aliphatic carboxylic acids is 1. The first-order valence-corrected chi connectivity index (χ1v) is 5.79. The summed E-state index contributed by atoms with van der Waals surface area (Å²) >= 11 is 0. The van der Waals surface area contributed by atoms with Gasteiger partial charge in [0, 0.05) is 0 Å². The SMILES string of the molecule is C[C@H](Cc1ccc(OC(C)(C)C)cc1)C(=O)O. The molecule has 0 heterocycles. The Morgan fingerprint density at radius 2 is 1.82 bits per heavy atom. The van der Waals surface area contributed by atoms with Crippen LogP contribution < -0.4 is 4.74 Å². The Morgan fingerprint density at radius 3 is 2.24 bits per heavy atom. The lowest BCUT2D eigenvalue weighted by molar-refractivity contribution is -0.141. The molecule has 17 heavy (non-hydrogen) atoms. The van der Waals surface area contributed by atoms with E-state index < -0.39 is 5.97 Å². The zero-order chi connectivity index (χ0) is 13.1. The summed E-state index contributed by atoms with van der Waals surface area (Å²) in [4.78, 5) is 10.7. The van der Waals surface area contributed by atoms with Gasteiger partial charge < -0.3 is 9.84 Å². The monoisotopic (exact) mass is 236 g/mol. The Hall–Kier alpha value is -1.51. The van der Waals surface area contributed by atoms with Crippen LogP contribution in [0.4, 0.5) is 0 Å². The molecule has 0 amide bonds. The number of ether oxygens (including phenoxy) is 1. The predicted octanol–water partition coefficient (Wildman–Crippen LogP) is 3.13. The molecule has 94 valence electrons. The van der Waals surface area contributed by atoms with Crippen molar-refractivity contribution in [2.45, 2.75) is 39.7 Å². The predicted molar refractivity (Wildman–Crippen MR) is 67.3 cm³/mol. The maximum Gasteiger partial charge on any atom is 0.306 e. The van der Waals surface area contributed by atoms with Crippen molar-refractivity contribution in [2.75, 3.05) is 0 Å². The van der Waals surface area contributed by atoms with Crippen LogP contribution in [0.1, 0.15) is 33.3 Å². The summed E-state index contributed by atoms with van der Waals surface area (Å²) in [6.45, 7) is 7.69. The smallest absolute Gasteiger partial charge is 0.306 e. The fraction of sp³-hybridized carbons (Fsp3) is 0.500. The second-order valence-corrected chi connectivity index (χ2v) is 5.30. The molecule has 0 aliphatic rings. The number of carboxylic acids is 1. The van der Waals surface area contributed by atoms with Crippen LogP contribution >= 0.6 is 0 Å². The van der Waals surface area contributed by atoms with Crippen LogP contribution in [-0.2, 0) is 11.2 Å². The molecule has 3 heteroatoms. The molecule has 0 unspecified atom stereocenters. The van der Waals surface area contributed by atoms with Crippen LogP contribution in [0.25, 0.3) is 0 Å². The molecule has 0 fully saturated rings. The van der Waals surface area contributed by atoms with E-state index in [2.05, 4.69) is 0 Å². The number of carbonyl (C=O) groups is 1. The topological polar surface area (TPSA) is 46.5 Å². The average molecular weight is 236 g/mol. The van der Waals surface area contributed by atoms with Crippen LogP contribution in [0.15, 0.2) is 24.3 Å². The summed E-state index contributed by atoms with van der Waals surface area (Å²) in [6.07, 6.45) is 0.547. The summed E-state index contributed by atoms with van der Waals surface area (Å²) in [5.74, 6) is -0.311. The Morgan fingerprint density at radius 1 is 1.29 bits per heavy atom. The van der Waals surface area contributed by atoms with Crippen LogP contribution in [-0.4, -0.2) is 16.7 Å². The van der Waals surface area contributed by atoms with Crippen molar-refractivity contribution >= 4 is 5.97 Å². The molecule has 0 spiro atoms. The van der Waals surface area contributed by atoms with Gasteiger partial charge in [-0.05, 0) is 44.9 Å². The third kappa shape index (κ3) is 4.89. The highest BCUT2D eigenvalue weighted by Gasteiger charge is 2.13. The first-order valence-electron chi connectivity index (χ1n) is 5.79. The zero-order valence-corrected chi connectivity index (χ0v) is 10.9. The van der Waals surface area contributed by atoms with E-state index in [-0.39, 0.29) is 11.5 Å². The molecule has 1 aromatic rings. The van der Waals surface area contributed by atoms with Gasteiger partial charge in [0.1, 0.15) is 11.4 Å². The maximum absolute atomic E-state index is 10.7. The van der Waals surface area contributed by atoms with Gasteiger partial charge in [-0.25, -0.2) is 0 Å². The molecule has 1 N–H and O–H groups in total. The van der Waals surface area contributed by atoms with E-state index in [4.69, 9.17) is 9.84 Å². The summed E-state index contributed by atoms with van der Waals surface area (Å²) in [5, 5.41) is 8.83. The molecular weight excluding hydrogens is 216 g/mol. The molecule has 0 aromatic heterocycles. The summed E-state index contributed by atoms with van der Waals surface area (Å²) in [6, 6.07) is 7.60. The third-order valence-electron chi connectivity index (χ3n) is 2.31. The Kier molecular flexibility index (Phi) is 4.16. The average Bonchev–Trinajstić information content (AvgIpc) is 2.18. The minimum atomic E-state index is -0.764. The highest BCUT2D eigenvalue weighted by molar-refractivity contribution is 5.69. The second-order valence-electron chi connectivity index (χ2n) is 5.30. The molecule has 1 aromatic carbocycles. The first-order chi connectivity index (χ1) is 7.78. The molecule has 0 aliphatic carbocycles. The van der Waals surface area contributed by atoms with Crippen molar-refractivity contribution in [1.29, 1.82) is 0 Å². The van der Waals surface area contributed by atoms with Crippen LogP contribution in [0.5, 0.6) is 5.75 Å². The van der Waals surface area contributed by atoms with Crippen molar-refractivity contribution < 1.29 is 14.6 Å².